The summed E-state index contributed by atoms with van der Waals surface area (Å²) >= 11 is 0. The van der Waals surface area contributed by atoms with Crippen molar-refractivity contribution in [3.63, 3.8) is 0 Å². The summed E-state index contributed by atoms with van der Waals surface area (Å²) in [5.41, 5.74) is 10.3. The molecule has 3 heterocycles. The Morgan fingerprint density at radius 3 is 1.80 bits per heavy atom. The van der Waals surface area contributed by atoms with Crippen molar-refractivity contribution in [2.45, 2.75) is 92.7 Å². The van der Waals surface area contributed by atoms with Crippen molar-refractivity contribution in [3.05, 3.63) is 182 Å². The number of fused-ring (bicyclic) bond motifs is 4. The molecule has 3 aromatic heterocycles. The summed E-state index contributed by atoms with van der Waals surface area (Å²) in [4.78, 5) is 20.9. The van der Waals surface area contributed by atoms with Gasteiger partial charge in [0.15, 0.2) is 5.78 Å². The third-order valence-corrected chi connectivity index (χ3v) is 17.4. The first kappa shape index (κ1) is 54.3. The molecule has 0 atom stereocenters. The number of hydrogen-bond donors (Lipinski definition) is 1. The standard InChI is InChI=1S/C30H24NOSi.C20H20NSi.C13H24O2.Ir/c1-33(2,3)23-14-12-20(13-15-23)27-19-22(18-21-8-4-5-9-24(21)27)29-30-26(16-17-31-29)25-10-6-7-11-28(25)32-30;1-22(2,3)19-12-10-16(11-13-19)17-7-6-8-18(15-17)20-9-4-5-14-21-20;1-5-10(6-2)12(14)9-13(15)11(7-3)8-4;/h4-17,19H,1-3H3;4-7,9-15H,1-3H3;9-11,14H,5-8H2,1-4H3;/q2*-1;;/b;;12-9-;. The Labute approximate surface area is 437 Å². The predicted molar refractivity (Wildman–Crippen MR) is 302 cm³/mol. The number of ketones is 1. The van der Waals surface area contributed by atoms with Gasteiger partial charge in [0.1, 0.15) is 11.2 Å². The van der Waals surface area contributed by atoms with Crippen molar-refractivity contribution in [2.24, 2.45) is 11.8 Å². The van der Waals surface area contributed by atoms with Crippen LogP contribution >= 0.6 is 0 Å². The van der Waals surface area contributed by atoms with Gasteiger partial charge in [0.25, 0.3) is 0 Å². The van der Waals surface area contributed by atoms with Gasteiger partial charge < -0.3 is 14.5 Å². The molecule has 0 aliphatic heterocycles. The number of aliphatic hydroxyl groups is 1. The summed E-state index contributed by atoms with van der Waals surface area (Å²) in [5, 5.41) is 17.2. The Morgan fingerprint density at radius 1 is 0.606 bits per heavy atom. The molecule has 9 rings (SSSR count). The molecule has 71 heavy (non-hydrogen) atoms. The van der Waals surface area contributed by atoms with Crippen LogP contribution in [-0.2, 0) is 24.9 Å². The number of aromatic nitrogens is 2. The molecule has 0 unspecified atom stereocenters. The van der Waals surface area contributed by atoms with E-state index in [1.54, 1.807) is 0 Å². The summed E-state index contributed by atoms with van der Waals surface area (Å²) in [5.74, 6) is 0.547. The molecule has 5 nitrogen and oxygen atoms in total. The maximum Gasteiger partial charge on any atom is 0.162 e. The molecule has 367 valence electrons. The summed E-state index contributed by atoms with van der Waals surface area (Å²) in [6.45, 7) is 22.3. The quantitative estimate of drug-likeness (QED) is 0.0539. The van der Waals surface area contributed by atoms with Crippen molar-refractivity contribution in [1.82, 2.24) is 9.97 Å². The Hall–Kier alpha value is -6.03. The number of benzene rings is 6. The topological polar surface area (TPSA) is 76.2 Å². The SMILES string of the molecule is CCC(CC)C(=O)/C=C(\O)C(CC)CC.C[Si](C)(C)c1ccc(-c2cc(-c3nccc4c3oc3ccccc34)[c-]c3ccccc23)cc1.C[Si](C)(C)c1ccc(-c2cc[c-]c(-c3ccccn3)c2)cc1.[Ir]. The average molecular weight is 1150 g/mol. The van der Waals surface area contributed by atoms with Gasteiger partial charge in [-0.1, -0.05) is 191 Å². The van der Waals surface area contributed by atoms with Crippen LogP contribution in [0, 0.1) is 24.0 Å². The smallest absolute Gasteiger partial charge is 0.162 e. The third kappa shape index (κ3) is 13.3. The van der Waals surface area contributed by atoms with Crippen molar-refractivity contribution in [3.8, 4) is 44.8 Å². The largest absolute Gasteiger partial charge is 0.512 e. The van der Waals surface area contributed by atoms with E-state index in [0.717, 1.165) is 75.5 Å². The summed E-state index contributed by atoms with van der Waals surface area (Å²) in [6.07, 6.45) is 8.59. The minimum absolute atomic E-state index is 0. The van der Waals surface area contributed by atoms with Crippen LogP contribution in [-0.4, -0.2) is 37.0 Å². The molecule has 9 aromatic rings. The van der Waals surface area contributed by atoms with Crippen LogP contribution in [0.15, 0.2) is 174 Å². The second kappa shape index (κ2) is 24.4. The van der Waals surface area contributed by atoms with Gasteiger partial charge in [-0.3, -0.25) is 9.78 Å². The van der Waals surface area contributed by atoms with E-state index in [4.69, 9.17) is 9.40 Å². The number of carbonyl (C=O) groups is 1. The van der Waals surface area contributed by atoms with Gasteiger partial charge in [0.2, 0.25) is 0 Å². The van der Waals surface area contributed by atoms with Crippen LogP contribution in [0.5, 0.6) is 0 Å². The molecule has 6 aromatic carbocycles. The molecule has 0 spiro atoms. The van der Waals surface area contributed by atoms with E-state index in [1.165, 1.54) is 44.1 Å². The average Bonchev–Trinajstić information content (AvgIpc) is 3.76. The summed E-state index contributed by atoms with van der Waals surface area (Å²) < 4.78 is 6.27. The molecular weight excluding hydrogens is 1080 g/mol. The van der Waals surface area contributed by atoms with Crippen molar-refractivity contribution in [1.29, 1.82) is 0 Å². The van der Waals surface area contributed by atoms with Gasteiger partial charge in [-0.2, -0.15) is 0 Å². The molecule has 8 heteroatoms. The van der Waals surface area contributed by atoms with Gasteiger partial charge in [-0.15, -0.1) is 59.0 Å². The number of carbonyl (C=O) groups excluding carboxylic acids is 1. The first-order valence-corrected chi connectivity index (χ1v) is 31.9. The maximum absolute atomic E-state index is 11.7. The van der Waals surface area contributed by atoms with Crippen LogP contribution in [0.1, 0.15) is 53.4 Å². The molecule has 0 aliphatic rings. The Bertz CT molecular complexity index is 3200. The molecule has 0 saturated heterocycles. The number of nitrogens with zero attached hydrogens (tertiary/aromatic N) is 2. The van der Waals surface area contributed by atoms with Crippen LogP contribution in [0.2, 0.25) is 39.3 Å². The van der Waals surface area contributed by atoms with Crippen LogP contribution in [0.3, 0.4) is 0 Å². The van der Waals surface area contributed by atoms with Gasteiger partial charge in [0.05, 0.1) is 21.9 Å². The third-order valence-electron chi connectivity index (χ3n) is 13.3. The molecule has 0 bridgehead atoms. The first-order chi connectivity index (χ1) is 33.6. The summed E-state index contributed by atoms with van der Waals surface area (Å²) in [6, 6.07) is 58.0. The fourth-order valence-corrected chi connectivity index (χ4v) is 11.2. The predicted octanol–water partition coefficient (Wildman–Crippen LogP) is 16.4. The van der Waals surface area contributed by atoms with Crippen molar-refractivity contribution >= 4 is 65.0 Å². The van der Waals surface area contributed by atoms with E-state index in [2.05, 4.69) is 153 Å². The zero-order valence-electron chi connectivity index (χ0n) is 43.1. The molecule has 0 saturated carbocycles. The number of para-hydroxylation sites is 1. The zero-order valence-corrected chi connectivity index (χ0v) is 47.5. The van der Waals surface area contributed by atoms with Gasteiger partial charge in [-0.05, 0) is 60.7 Å². The summed E-state index contributed by atoms with van der Waals surface area (Å²) in [7, 11) is -2.59. The molecule has 0 amide bonds. The molecule has 0 fully saturated rings. The molecule has 0 aliphatic carbocycles. The number of rotatable bonds is 13. The van der Waals surface area contributed by atoms with Gasteiger partial charge in [0, 0.05) is 66.9 Å². The fraction of sp³-hybridized carbons (Fsp3) is 0.254. The Balaban J connectivity index is 0.000000189. The van der Waals surface area contributed by atoms with E-state index < -0.39 is 16.1 Å². The Kier molecular flexibility index (Phi) is 18.7. The monoisotopic (exact) mass is 1150 g/mol. The van der Waals surface area contributed by atoms with E-state index in [-0.39, 0.29) is 43.5 Å². The van der Waals surface area contributed by atoms with E-state index in [1.807, 2.05) is 88.6 Å². The number of furan rings is 1. The van der Waals surface area contributed by atoms with E-state index in [9.17, 15) is 9.90 Å². The first-order valence-electron chi connectivity index (χ1n) is 24.9. The van der Waals surface area contributed by atoms with Crippen molar-refractivity contribution in [2.75, 3.05) is 0 Å². The number of hydrogen-bond acceptors (Lipinski definition) is 5. The van der Waals surface area contributed by atoms with E-state index in [0.29, 0.717) is 0 Å². The van der Waals surface area contributed by atoms with Gasteiger partial charge in [-0.25, -0.2) is 0 Å². The second-order valence-electron chi connectivity index (χ2n) is 20.1. The van der Waals surface area contributed by atoms with Crippen LogP contribution in [0.4, 0.5) is 0 Å². The van der Waals surface area contributed by atoms with Crippen molar-refractivity contribution < 1.29 is 34.4 Å². The van der Waals surface area contributed by atoms with E-state index >= 15 is 0 Å². The minimum Gasteiger partial charge on any atom is -0.512 e. The van der Waals surface area contributed by atoms with Crippen LogP contribution < -0.4 is 10.4 Å². The van der Waals surface area contributed by atoms with Gasteiger partial charge >= 0.3 is 0 Å². The minimum atomic E-state index is -1.35. The van der Waals surface area contributed by atoms with Crippen LogP contribution in [0.25, 0.3) is 77.5 Å². The molecular formula is C63H68IrN2O3Si2-2. The maximum atomic E-state index is 11.7. The Morgan fingerprint density at radius 2 is 1.20 bits per heavy atom. The normalized spacial score (nSPS) is 11.8. The fourth-order valence-electron chi connectivity index (χ4n) is 8.85. The zero-order chi connectivity index (χ0) is 50.0. The molecule has 1 N–H and O–H groups in total. The number of allylic oxidation sites excluding steroid dienone is 2. The second-order valence-corrected chi connectivity index (χ2v) is 30.3. The number of aliphatic hydroxyl groups excluding tert-OH is 1. The molecule has 1 radical (unpaired) electrons. The number of pyridine rings is 2.